The monoisotopic (exact) mass is 218 g/mol. The van der Waals surface area contributed by atoms with Crippen LogP contribution < -0.4 is 0 Å². The maximum absolute atomic E-state index is 12.5. The number of halogens is 6. The van der Waals surface area contributed by atoms with Crippen LogP contribution in [0.25, 0.3) is 0 Å². The Balaban J connectivity index is 2.87. The van der Waals surface area contributed by atoms with E-state index in [1.807, 2.05) is 0 Å². The first-order chi connectivity index (χ1) is 6.32. The molecule has 0 spiro atoms. The van der Waals surface area contributed by atoms with Crippen molar-refractivity contribution in [3.63, 3.8) is 0 Å². The summed E-state index contributed by atoms with van der Waals surface area (Å²) in [7, 11) is 0. The lowest BCUT2D eigenvalue weighted by molar-refractivity contribution is -0.183. The summed E-state index contributed by atoms with van der Waals surface area (Å²) in [6.45, 7) is 0. The Labute approximate surface area is 73.9 Å². The van der Waals surface area contributed by atoms with Crippen LogP contribution in [0.3, 0.4) is 0 Å². The first-order valence-corrected chi connectivity index (χ1v) is 3.36. The molecule has 1 atom stereocenters. The Morgan fingerprint density at radius 2 is 1.79 bits per heavy atom. The third-order valence-electron chi connectivity index (χ3n) is 1.40. The molecule has 8 heteroatoms. The molecule has 0 aliphatic carbocycles. The molecular formula is C6H4F6N2. The number of hydrogen-bond acceptors (Lipinski definition) is 1. The van der Waals surface area contributed by atoms with Gasteiger partial charge in [0.05, 0.1) is 0 Å². The number of aromatic amines is 1. The van der Waals surface area contributed by atoms with Gasteiger partial charge in [0, 0.05) is 0 Å². The third kappa shape index (κ3) is 2.18. The molecule has 1 aromatic rings. The SMILES string of the molecule is FC(F)c1cc(C(F)C(F)(F)F)n[nH]1. The van der Waals surface area contributed by atoms with E-state index >= 15 is 0 Å². The predicted octanol–water partition coefficient (Wildman–Crippen LogP) is 2.92. The van der Waals surface area contributed by atoms with Crippen LogP contribution in [0.15, 0.2) is 6.07 Å². The highest BCUT2D eigenvalue weighted by molar-refractivity contribution is 5.13. The van der Waals surface area contributed by atoms with E-state index in [9.17, 15) is 26.3 Å². The minimum Gasteiger partial charge on any atom is -0.276 e. The van der Waals surface area contributed by atoms with E-state index in [2.05, 4.69) is 5.10 Å². The minimum atomic E-state index is -5.13. The van der Waals surface area contributed by atoms with Gasteiger partial charge in [0.25, 0.3) is 6.43 Å². The molecular weight excluding hydrogens is 214 g/mol. The fourth-order valence-corrected chi connectivity index (χ4v) is 0.762. The first-order valence-electron chi connectivity index (χ1n) is 3.36. The summed E-state index contributed by atoms with van der Waals surface area (Å²) in [4.78, 5) is 0. The Morgan fingerprint density at radius 1 is 1.21 bits per heavy atom. The Bertz CT molecular complexity index is 304. The smallest absolute Gasteiger partial charge is 0.276 e. The average Bonchev–Trinajstić information content (AvgIpc) is 2.48. The van der Waals surface area contributed by atoms with Crippen LogP contribution >= 0.6 is 0 Å². The van der Waals surface area contributed by atoms with Crippen molar-refractivity contribution in [2.45, 2.75) is 18.8 Å². The largest absolute Gasteiger partial charge is 0.425 e. The lowest BCUT2D eigenvalue weighted by Gasteiger charge is -2.08. The molecule has 0 fully saturated rings. The fourth-order valence-electron chi connectivity index (χ4n) is 0.762. The predicted molar refractivity (Wildman–Crippen MR) is 33.4 cm³/mol. The molecule has 1 rings (SSSR count). The van der Waals surface area contributed by atoms with E-state index in [1.165, 1.54) is 0 Å². The molecule has 1 N–H and O–H groups in total. The molecule has 0 saturated carbocycles. The summed E-state index contributed by atoms with van der Waals surface area (Å²) < 4.78 is 71.4. The van der Waals surface area contributed by atoms with Crippen LogP contribution in [-0.4, -0.2) is 16.4 Å². The van der Waals surface area contributed by atoms with Gasteiger partial charge in [0.1, 0.15) is 11.4 Å². The Hall–Kier alpha value is -1.21. The molecule has 0 aliphatic heterocycles. The second-order valence-corrected chi connectivity index (χ2v) is 2.45. The maximum Gasteiger partial charge on any atom is 0.425 e. The summed E-state index contributed by atoms with van der Waals surface area (Å²) in [6, 6.07) is 0.350. The van der Waals surface area contributed by atoms with Gasteiger partial charge in [0.2, 0.25) is 6.17 Å². The number of aromatic nitrogens is 2. The second-order valence-electron chi connectivity index (χ2n) is 2.45. The zero-order valence-electron chi connectivity index (χ0n) is 6.45. The van der Waals surface area contributed by atoms with Crippen LogP contribution in [0.4, 0.5) is 26.3 Å². The van der Waals surface area contributed by atoms with Gasteiger partial charge < -0.3 is 0 Å². The van der Waals surface area contributed by atoms with E-state index in [-0.39, 0.29) is 0 Å². The minimum absolute atomic E-state index is 0.350. The van der Waals surface area contributed by atoms with Crippen LogP contribution in [-0.2, 0) is 0 Å². The van der Waals surface area contributed by atoms with Gasteiger partial charge in [-0.3, -0.25) is 5.10 Å². The number of nitrogens with zero attached hydrogens (tertiary/aromatic N) is 1. The van der Waals surface area contributed by atoms with Crippen LogP contribution in [0, 0.1) is 0 Å². The zero-order valence-corrected chi connectivity index (χ0v) is 6.45. The lowest BCUT2D eigenvalue weighted by Crippen LogP contribution is -2.16. The van der Waals surface area contributed by atoms with E-state index in [4.69, 9.17) is 0 Å². The molecule has 1 heterocycles. The molecule has 1 unspecified atom stereocenters. The Morgan fingerprint density at radius 3 is 2.14 bits per heavy atom. The van der Waals surface area contributed by atoms with Gasteiger partial charge in [0.15, 0.2) is 0 Å². The van der Waals surface area contributed by atoms with Crippen molar-refractivity contribution in [3.8, 4) is 0 Å². The molecule has 0 aliphatic rings. The quantitative estimate of drug-likeness (QED) is 0.759. The van der Waals surface area contributed by atoms with E-state index in [0.29, 0.717) is 6.07 Å². The van der Waals surface area contributed by atoms with Crippen molar-refractivity contribution in [2.24, 2.45) is 0 Å². The van der Waals surface area contributed by atoms with Crippen molar-refractivity contribution >= 4 is 0 Å². The van der Waals surface area contributed by atoms with E-state index in [1.54, 1.807) is 5.10 Å². The van der Waals surface area contributed by atoms with Gasteiger partial charge in [-0.2, -0.15) is 18.3 Å². The van der Waals surface area contributed by atoms with Crippen molar-refractivity contribution in [1.82, 2.24) is 10.2 Å². The van der Waals surface area contributed by atoms with Crippen LogP contribution in [0.5, 0.6) is 0 Å². The number of rotatable bonds is 2. The van der Waals surface area contributed by atoms with Gasteiger partial charge in [-0.1, -0.05) is 0 Å². The van der Waals surface area contributed by atoms with Crippen molar-refractivity contribution < 1.29 is 26.3 Å². The summed E-state index contributed by atoms with van der Waals surface area (Å²) in [5.41, 5.74) is -1.93. The van der Waals surface area contributed by atoms with Crippen LogP contribution in [0.2, 0.25) is 0 Å². The van der Waals surface area contributed by atoms with Crippen molar-refractivity contribution in [1.29, 1.82) is 0 Å². The summed E-state index contributed by atoms with van der Waals surface area (Å²) in [5.74, 6) is 0. The van der Waals surface area contributed by atoms with Gasteiger partial charge >= 0.3 is 6.18 Å². The first kappa shape index (κ1) is 10.9. The highest BCUT2D eigenvalue weighted by Crippen LogP contribution is 2.35. The highest BCUT2D eigenvalue weighted by atomic mass is 19.4. The highest BCUT2D eigenvalue weighted by Gasteiger charge is 2.43. The standard InChI is InChI=1S/C6H4F6N2/c7-4(6(10,11)12)2-1-3(5(8)9)14-13-2/h1,4-5H,(H,13,14). The molecule has 14 heavy (non-hydrogen) atoms. The molecule has 0 radical (unpaired) electrons. The maximum atomic E-state index is 12.5. The molecule has 80 valence electrons. The molecule has 2 nitrogen and oxygen atoms in total. The topological polar surface area (TPSA) is 28.7 Å². The number of H-pyrrole nitrogens is 1. The molecule has 0 bridgehead atoms. The third-order valence-corrected chi connectivity index (χ3v) is 1.40. The number of nitrogens with one attached hydrogen (secondary N) is 1. The average molecular weight is 218 g/mol. The molecule has 0 aromatic carbocycles. The van der Waals surface area contributed by atoms with E-state index < -0.39 is 30.2 Å². The normalized spacial score (nSPS) is 14.8. The van der Waals surface area contributed by atoms with Crippen LogP contribution in [0.1, 0.15) is 24.0 Å². The van der Waals surface area contributed by atoms with Crippen molar-refractivity contribution in [2.75, 3.05) is 0 Å². The van der Waals surface area contributed by atoms with Gasteiger partial charge in [-0.15, -0.1) is 0 Å². The van der Waals surface area contributed by atoms with E-state index in [0.717, 1.165) is 0 Å². The van der Waals surface area contributed by atoms with Gasteiger partial charge in [-0.05, 0) is 6.07 Å². The van der Waals surface area contributed by atoms with Crippen molar-refractivity contribution in [3.05, 3.63) is 17.5 Å². The molecule has 1 aromatic heterocycles. The second kappa shape index (κ2) is 3.50. The van der Waals surface area contributed by atoms with Gasteiger partial charge in [-0.25, -0.2) is 13.2 Å². The fraction of sp³-hybridized carbons (Fsp3) is 0.500. The zero-order chi connectivity index (χ0) is 10.9. The summed E-state index contributed by atoms with van der Waals surface area (Å²) in [5, 5.41) is 4.42. The lowest BCUT2D eigenvalue weighted by atomic mass is 10.2. The summed E-state index contributed by atoms with van der Waals surface area (Å²) >= 11 is 0. The number of hydrogen-bond donors (Lipinski definition) is 1. The Kier molecular flexibility index (Phi) is 2.72. The summed E-state index contributed by atoms with van der Waals surface area (Å²) in [6.07, 6.45) is -11.5. The number of alkyl halides is 6. The molecule has 0 amide bonds. The molecule has 0 saturated heterocycles.